The Labute approximate surface area is 163 Å². The molecule has 0 radical (unpaired) electrons. The van der Waals surface area contributed by atoms with Gasteiger partial charge in [-0.15, -0.1) is 0 Å². The molecule has 0 aliphatic carbocycles. The van der Waals surface area contributed by atoms with Crippen LogP contribution in [0.1, 0.15) is 24.0 Å². The Morgan fingerprint density at radius 3 is 2.74 bits per heavy atom. The highest BCUT2D eigenvalue weighted by atomic mass is 32.2. The summed E-state index contributed by atoms with van der Waals surface area (Å²) in [6.45, 7) is 6.83. The van der Waals surface area contributed by atoms with Gasteiger partial charge in [0, 0.05) is 25.3 Å². The van der Waals surface area contributed by atoms with Gasteiger partial charge in [0.1, 0.15) is 0 Å². The fourth-order valence-corrected chi connectivity index (χ4v) is 3.72. The summed E-state index contributed by atoms with van der Waals surface area (Å²) in [5.41, 5.74) is 5.56. The number of ether oxygens (including phenoxy) is 1. The quantitative estimate of drug-likeness (QED) is 0.673. The lowest BCUT2D eigenvalue weighted by Crippen LogP contribution is -2.24. The van der Waals surface area contributed by atoms with Gasteiger partial charge in [-0.1, -0.05) is 30.0 Å². The molecule has 1 aromatic carbocycles. The van der Waals surface area contributed by atoms with Crippen LogP contribution in [0.5, 0.6) is 0 Å². The van der Waals surface area contributed by atoms with Crippen LogP contribution in [-0.4, -0.2) is 45.6 Å². The number of aromatic nitrogens is 4. The van der Waals surface area contributed by atoms with Crippen LogP contribution >= 0.6 is 11.8 Å². The molecule has 0 saturated carbocycles. The van der Waals surface area contributed by atoms with Crippen LogP contribution < -0.4 is 5.32 Å². The van der Waals surface area contributed by atoms with E-state index in [-0.39, 0.29) is 0 Å². The van der Waals surface area contributed by atoms with Crippen molar-refractivity contribution in [1.29, 1.82) is 0 Å². The Kier molecular flexibility index (Phi) is 5.31. The lowest BCUT2D eigenvalue weighted by molar-refractivity contribution is 0.0699. The van der Waals surface area contributed by atoms with Crippen molar-refractivity contribution < 1.29 is 4.74 Å². The van der Waals surface area contributed by atoms with Gasteiger partial charge in [-0.25, -0.2) is 4.98 Å². The second-order valence-electron chi connectivity index (χ2n) is 7.06. The molecule has 0 spiro atoms. The second-order valence-corrected chi connectivity index (χ2v) is 7.84. The number of fused-ring (bicyclic) bond motifs is 1. The van der Waals surface area contributed by atoms with Crippen molar-refractivity contribution in [3.05, 3.63) is 35.5 Å². The molecule has 1 fully saturated rings. The van der Waals surface area contributed by atoms with Crippen LogP contribution in [-0.2, 0) is 4.74 Å². The number of hydrogen-bond acceptors (Lipinski definition) is 6. The van der Waals surface area contributed by atoms with Gasteiger partial charge < -0.3 is 10.1 Å². The number of nitrogens with zero attached hydrogens (tertiary/aromatic N) is 4. The van der Waals surface area contributed by atoms with Crippen LogP contribution in [0, 0.1) is 19.8 Å². The fraction of sp³-hybridized carbons (Fsp3) is 0.450. The van der Waals surface area contributed by atoms with Gasteiger partial charge in [0.05, 0.1) is 6.20 Å². The Hall–Kier alpha value is -2.12. The highest BCUT2D eigenvalue weighted by molar-refractivity contribution is 7.98. The van der Waals surface area contributed by atoms with E-state index in [0.717, 1.165) is 60.5 Å². The number of hydrogen-bond donors (Lipinski definition) is 1. The fourth-order valence-electron chi connectivity index (χ4n) is 3.36. The smallest absolute Gasteiger partial charge is 0.228 e. The molecule has 1 aliphatic rings. The first kappa shape index (κ1) is 18.3. The summed E-state index contributed by atoms with van der Waals surface area (Å²) in [4.78, 5) is 9.38. The maximum absolute atomic E-state index is 5.45. The number of nitrogens with one attached hydrogen (secondary N) is 1. The molecule has 3 heterocycles. The largest absolute Gasteiger partial charge is 0.381 e. The molecule has 0 amide bonds. The summed E-state index contributed by atoms with van der Waals surface area (Å²) in [7, 11) is 0. The van der Waals surface area contributed by atoms with Crippen LogP contribution in [0.15, 0.2) is 29.6 Å². The summed E-state index contributed by atoms with van der Waals surface area (Å²) in [5, 5.41) is 8.83. The van der Waals surface area contributed by atoms with Gasteiger partial charge >= 0.3 is 0 Å². The van der Waals surface area contributed by atoms with Crippen molar-refractivity contribution in [2.45, 2.75) is 31.8 Å². The highest BCUT2D eigenvalue weighted by Crippen LogP contribution is 2.28. The van der Waals surface area contributed by atoms with Gasteiger partial charge in [0.15, 0.2) is 10.8 Å². The van der Waals surface area contributed by atoms with Crippen molar-refractivity contribution in [3.8, 4) is 11.1 Å². The topological polar surface area (TPSA) is 64.3 Å². The molecule has 0 unspecified atom stereocenters. The maximum Gasteiger partial charge on any atom is 0.228 e. The van der Waals surface area contributed by atoms with E-state index in [4.69, 9.17) is 9.72 Å². The minimum absolute atomic E-state index is 0.608. The average molecular weight is 384 g/mol. The third kappa shape index (κ3) is 3.80. The van der Waals surface area contributed by atoms with Crippen molar-refractivity contribution >= 4 is 23.4 Å². The van der Waals surface area contributed by atoms with Gasteiger partial charge in [0.25, 0.3) is 0 Å². The molecule has 7 heteroatoms. The minimum atomic E-state index is 0.608. The zero-order valence-electron chi connectivity index (χ0n) is 16.0. The zero-order valence-corrected chi connectivity index (χ0v) is 16.8. The Bertz CT molecular complexity index is 949. The predicted molar refractivity (Wildman–Crippen MR) is 110 cm³/mol. The van der Waals surface area contributed by atoms with Crippen LogP contribution in [0.2, 0.25) is 0 Å². The minimum Gasteiger partial charge on any atom is -0.381 e. The van der Waals surface area contributed by atoms with Crippen LogP contribution in [0.25, 0.3) is 16.8 Å². The van der Waals surface area contributed by atoms with Gasteiger partial charge in [-0.2, -0.15) is 14.6 Å². The number of benzene rings is 1. The molecule has 0 bridgehead atoms. The monoisotopic (exact) mass is 383 g/mol. The molecule has 2 aromatic heterocycles. The van der Waals surface area contributed by atoms with E-state index in [0.29, 0.717) is 5.92 Å². The van der Waals surface area contributed by atoms with E-state index in [1.165, 1.54) is 11.1 Å². The normalized spacial score (nSPS) is 15.4. The second kappa shape index (κ2) is 7.86. The molecule has 1 aliphatic heterocycles. The number of rotatable bonds is 5. The lowest BCUT2D eigenvalue weighted by Gasteiger charge is -2.22. The SMILES string of the molecule is CSc1nc(NCC2CCOCC2)n2ncc(-c3ccc(C)c(C)c3)c2n1. The highest BCUT2D eigenvalue weighted by Gasteiger charge is 2.17. The van der Waals surface area contributed by atoms with E-state index >= 15 is 0 Å². The maximum atomic E-state index is 5.45. The summed E-state index contributed by atoms with van der Waals surface area (Å²) < 4.78 is 7.28. The molecule has 27 heavy (non-hydrogen) atoms. The molecule has 1 N–H and O–H groups in total. The van der Waals surface area contributed by atoms with E-state index in [1.807, 2.05) is 17.0 Å². The number of thioether (sulfide) groups is 1. The first-order chi connectivity index (χ1) is 13.2. The summed E-state index contributed by atoms with van der Waals surface area (Å²) in [5.74, 6) is 1.36. The zero-order chi connectivity index (χ0) is 18.8. The molecule has 142 valence electrons. The van der Waals surface area contributed by atoms with E-state index < -0.39 is 0 Å². The molecular weight excluding hydrogens is 358 g/mol. The predicted octanol–water partition coefficient (Wildman–Crippen LogP) is 3.97. The first-order valence-electron chi connectivity index (χ1n) is 9.34. The van der Waals surface area contributed by atoms with E-state index in [2.05, 4.69) is 47.4 Å². The van der Waals surface area contributed by atoms with Crippen LogP contribution in [0.4, 0.5) is 5.95 Å². The van der Waals surface area contributed by atoms with Gasteiger partial charge in [-0.3, -0.25) is 0 Å². The third-order valence-electron chi connectivity index (χ3n) is 5.24. The Balaban J connectivity index is 1.69. The molecule has 6 nitrogen and oxygen atoms in total. The molecule has 4 rings (SSSR count). The van der Waals surface area contributed by atoms with Crippen molar-refractivity contribution in [3.63, 3.8) is 0 Å². The third-order valence-corrected chi connectivity index (χ3v) is 5.79. The summed E-state index contributed by atoms with van der Waals surface area (Å²) in [6.07, 6.45) is 6.06. The average Bonchev–Trinajstić information content (AvgIpc) is 3.13. The molecule has 1 saturated heterocycles. The molecule has 3 aromatic rings. The lowest BCUT2D eigenvalue weighted by atomic mass is 10.0. The van der Waals surface area contributed by atoms with Crippen LogP contribution in [0.3, 0.4) is 0 Å². The first-order valence-corrected chi connectivity index (χ1v) is 10.6. The molecular formula is C20H25N5OS. The Morgan fingerprint density at radius 1 is 1.19 bits per heavy atom. The summed E-state index contributed by atoms with van der Waals surface area (Å²) in [6, 6.07) is 6.48. The van der Waals surface area contributed by atoms with Crippen molar-refractivity contribution in [2.24, 2.45) is 5.92 Å². The number of aryl methyl sites for hydroxylation is 2. The Morgan fingerprint density at radius 2 is 2.00 bits per heavy atom. The van der Waals surface area contributed by atoms with Gasteiger partial charge in [-0.05, 0) is 55.6 Å². The van der Waals surface area contributed by atoms with Crippen molar-refractivity contribution in [2.75, 3.05) is 31.3 Å². The van der Waals surface area contributed by atoms with E-state index in [1.54, 1.807) is 11.8 Å². The van der Waals surface area contributed by atoms with E-state index in [9.17, 15) is 0 Å². The standard InChI is InChI=1S/C20H25N5OS/c1-13-4-5-16(10-14(13)2)17-12-22-25-18(17)23-20(27-3)24-19(25)21-11-15-6-8-26-9-7-15/h4-5,10,12,15H,6-9,11H2,1-3H3,(H,21,23,24). The molecule has 0 atom stereocenters. The summed E-state index contributed by atoms with van der Waals surface area (Å²) >= 11 is 1.55. The number of anilines is 1. The van der Waals surface area contributed by atoms with Gasteiger partial charge in [0.2, 0.25) is 5.95 Å². The van der Waals surface area contributed by atoms with Crippen molar-refractivity contribution in [1.82, 2.24) is 19.6 Å².